The summed E-state index contributed by atoms with van der Waals surface area (Å²) in [6.45, 7) is 0.102. The van der Waals surface area contributed by atoms with E-state index in [-0.39, 0.29) is 0 Å². The maximum atomic E-state index is 13.3. The van der Waals surface area contributed by atoms with Crippen LogP contribution in [-0.2, 0) is 81.8 Å². The molecule has 1 aliphatic heterocycles. The fourth-order valence-corrected chi connectivity index (χ4v) is 43.4. The second-order valence-corrected chi connectivity index (χ2v) is 42.9. The summed E-state index contributed by atoms with van der Waals surface area (Å²) in [5.41, 5.74) is -10.9. The minimum Gasteiger partial charge on any atom is -0.444 e. The third-order valence-electron chi connectivity index (χ3n) is 9.48. The van der Waals surface area contributed by atoms with E-state index in [1.54, 1.807) is 0 Å². The molecule has 1 rings (SSSR count). The van der Waals surface area contributed by atoms with E-state index in [2.05, 4.69) is 18.9 Å². The van der Waals surface area contributed by atoms with Gasteiger partial charge in [-0.1, -0.05) is 46.4 Å². The first-order valence-corrected chi connectivity index (χ1v) is 40.8. The molecule has 1 aliphatic rings. The highest BCUT2D eigenvalue weighted by Gasteiger charge is 2.64. The number of ether oxygens (including phenoxy) is 8. The van der Waals surface area contributed by atoms with Crippen LogP contribution in [0.25, 0.3) is 0 Å². The first-order chi connectivity index (χ1) is 38.8. The molecule has 4 unspecified atom stereocenters. The van der Waals surface area contributed by atoms with E-state index in [4.69, 9.17) is 90.0 Å². The summed E-state index contributed by atoms with van der Waals surface area (Å²) in [5, 5.41) is 0. The van der Waals surface area contributed by atoms with Crippen LogP contribution >= 0.6 is 46.4 Å². The average Bonchev–Trinajstić information content (AvgIpc) is 3.16. The van der Waals surface area contributed by atoms with Crippen LogP contribution in [0.4, 0.5) is 105 Å². The van der Waals surface area contributed by atoms with Gasteiger partial charge in [0.25, 0.3) is 0 Å². The molecule has 1 saturated heterocycles. The fraction of sp³-hybridized carbons (Fsp3) is 0.889. The van der Waals surface area contributed by atoms with Crippen molar-refractivity contribution in [3.63, 3.8) is 0 Å². The number of alkyl halides is 28. The Kier molecular flexibility index (Phi) is 29.5. The van der Waals surface area contributed by atoms with Crippen molar-refractivity contribution < 1.29 is 187 Å². The number of carbonyl (C=O) groups is 4. The zero-order valence-electron chi connectivity index (χ0n) is 45.2. The Morgan fingerprint density at radius 3 is 0.591 bits per heavy atom. The van der Waals surface area contributed by atoms with Gasteiger partial charge in [-0.3, -0.25) is 0 Å². The van der Waals surface area contributed by atoms with Crippen molar-refractivity contribution in [3.8, 4) is 0 Å². The highest BCUT2D eigenvalue weighted by molar-refractivity contribution is 6.94. The van der Waals surface area contributed by atoms with Crippen LogP contribution in [0.15, 0.2) is 0 Å². The van der Waals surface area contributed by atoms with Crippen molar-refractivity contribution in [2.45, 2.75) is 173 Å². The van der Waals surface area contributed by atoms with E-state index in [1.807, 2.05) is 0 Å². The molecule has 18 nitrogen and oxygen atoms in total. The fourth-order valence-electron chi connectivity index (χ4n) is 7.59. The molecule has 0 aromatic rings. The zero-order valence-corrected chi connectivity index (χ0v) is 54.2. The molecule has 0 N–H and O–H groups in total. The number of halogens is 28. The quantitative estimate of drug-likeness (QED) is 0.0290. The highest BCUT2D eigenvalue weighted by atomic mass is 35.5. The molecular weight excluding hydrogens is 1490 g/mol. The molecule has 1 fully saturated rings. The van der Waals surface area contributed by atoms with Crippen LogP contribution in [0.5, 0.6) is 0 Å². The third-order valence-corrected chi connectivity index (χ3v) is 37.1. The molecule has 1 heterocycles. The summed E-state index contributed by atoms with van der Waals surface area (Å²) >= 11 is 25.4. The summed E-state index contributed by atoms with van der Waals surface area (Å²) in [6, 6.07) is -6.38. The molecule has 4 atom stereocenters. The van der Waals surface area contributed by atoms with Crippen molar-refractivity contribution in [2.75, 3.05) is 26.4 Å². The van der Waals surface area contributed by atoms with Crippen molar-refractivity contribution in [1.82, 2.24) is 0 Å². The maximum absolute atomic E-state index is 13.3. The van der Waals surface area contributed by atoms with Crippen LogP contribution in [0.3, 0.4) is 0 Å². The number of hydrogen-bond donors (Lipinski definition) is 0. The largest absolute Gasteiger partial charge is 0.444 e. The average molecular weight is 1540 g/mol. The monoisotopic (exact) mass is 1530 g/mol. The molecule has 88 heavy (non-hydrogen) atoms. The molecule has 0 bridgehead atoms. The van der Waals surface area contributed by atoms with Gasteiger partial charge in [0, 0.05) is 24.2 Å². The first kappa shape index (κ1) is 84.3. The van der Waals surface area contributed by atoms with Gasteiger partial charge in [-0.15, -0.1) is 0 Å². The standard InChI is InChI=1S/C36H48Cl4F24O18Si6/c1-83(2)77-84(3,4)79-86(7,8)81-88(15-19(39)75-23(67)11-71-27(33(53,54)55)34(56,57)58,16-20(40)76-24(68)12-72-28(35(59,60)61)36(62,63)64)82-87(80-85(5,6)78-83,13-17(37)73-21(65)9-69-25(29(41,42)43)30(44,45)46)14-18(38)74-22(66)10-70-26(31(47,48)49)32(50,51)52/h17-20,25-28H,9-16H2,1-8H3. The van der Waals surface area contributed by atoms with Gasteiger partial charge in [0.15, 0.2) is 22.3 Å². The van der Waals surface area contributed by atoms with Crippen LogP contribution < -0.4 is 0 Å². The van der Waals surface area contributed by atoms with E-state index in [0.29, 0.717) is 0 Å². The minimum atomic E-state index is -6.29. The second kappa shape index (κ2) is 30.8. The van der Waals surface area contributed by atoms with E-state index in [9.17, 15) is 125 Å². The molecule has 0 amide bonds. The smallest absolute Gasteiger partial charge is 0.423 e. The van der Waals surface area contributed by atoms with Gasteiger partial charge in [-0.05, 0) is 52.4 Å². The van der Waals surface area contributed by atoms with Gasteiger partial charge in [0.2, 0.25) is 24.4 Å². The molecule has 0 spiro atoms. The third kappa shape index (κ3) is 30.6. The number of rotatable bonds is 24. The number of carbonyl (C=O) groups excluding carboxylic acids is 4. The van der Waals surface area contributed by atoms with Gasteiger partial charge in [0.1, 0.15) is 26.4 Å². The lowest BCUT2D eigenvalue weighted by Gasteiger charge is -2.50. The molecule has 0 saturated carbocycles. The summed E-state index contributed by atoms with van der Waals surface area (Å²) in [6.07, 6.45) is -69.2. The Bertz CT molecular complexity index is 1980. The van der Waals surface area contributed by atoms with E-state index >= 15 is 0 Å². The topological polar surface area (TPSA) is 197 Å². The lowest BCUT2D eigenvalue weighted by atomic mass is 10.3. The van der Waals surface area contributed by atoms with Gasteiger partial charge in [-0.2, -0.15) is 105 Å². The van der Waals surface area contributed by atoms with Crippen molar-refractivity contribution in [3.05, 3.63) is 0 Å². The van der Waals surface area contributed by atoms with Gasteiger partial charge >= 0.3 is 125 Å². The lowest BCUT2D eigenvalue weighted by Crippen LogP contribution is -2.68. The van der Waals surface area contributed by atoms with Crippen LogP contribution in [0.1, 0.15) is 0 Å². The molecule has 0 aromatic heterocycles. The summed E-state index contributed by atoms with van der Waals surface area (Å²) in [7, 11) is -28.6. The minimum absolute atomic E-state index is 1.04. The Hall–Kier alpha value is -1.74. The van der Waals surface area contributed by atoms with Gasteiger partial charge < -0.3 is 62.6 Å². The molecule has 520 valence electrons. The van der Waals surface area contributed by atoms with Crippen LogP contribution in [0.2, 0.25) is 76.6 Å². The second-order valence-electron chi connectivity index (χ2n) is 19.5. The van der Waals surface area contributed by atoms with Crippen LogP contribution in [-0.4, -0.2) is 198 Å². The first-order valence-electron chi connectivity index (χ1n) is 23.3. The molecular formula is C36H48Cl4F24O18Si6. The van der Waals surface area contributed by atoms with E-state index in [0.717, 1.165) is 26.2 Å². The maximum Gasteiger partial charge on any atom is 0.423 e. The summed E-state index contributed by atoms with van der Waals surface area (Å²) in [5.74, 6) is -9.07. The predicted molar refractivity (Wildman–Crippen MR) is 258 cm³/mol. The molecule has 0 aliphatic carbocycles. The molecule has 0 aromatic carbocycles. The predicted octanol–water partition coefficient (Wildman–Crippen LogP) is 12.3. The van der Waals surface area contributed by atoms with E-state index in [1.165, 1.54) is 26.2 Å². The Morgan fingerprint density at radius 1 is 0.295 bits per heavy atom. The Morgan fingerprint density at radius 2 is 0.443 bits per heavy atom. The Balaban J connectivity index is 4.59. The van der Waals surface area contributed by atoms with Gasteiger partial charge in [0.05, 0.1) is 0 Å². The van der Waals surface area contributed by atoms with Gasteiger partial charge in [-0.25, -0.2) is 19.2 Å². The van der Waals surface area contributed by atoms with E-state index < -0.39 is 222 Å². The Labute approximate surface area is 506 Å². The van der Waals surface area contributed by atoms with Crippen LogP contribution in [0, 0.1) is 0 Å². The normalized spacial score (nSPS) is 22.5. The lowest BCUT2D eigenvalue weighted by molar-refractivity contribution is -0.321. The highest BCUT2D eigenvalue weighted by Crippen LogP contribution is 2.44. The number of esters is 4. The number of hydrogen-bond acceptors (Lipinski definition) is 18. The summed E-state index contributed by atoms with van der Waals surface area (Å²) < 4.78 is 392. The molecule has 52 heteroatoms. The summed E-state index contributed by atoms with van der Waals surface area (Å²) in [4.78, 5) is 51.8. The van der Waals surface area contributed by atoms with Crippen molar-refractivity contribution >= 4 is 122 Å². The molecule has 0 radical (unpaired) electrons. The van der Waals surface area contributed by atoms with Crippen molar-refractivity contribution in [2.24, 2.45) is 0 Å². The van der Waals surface area contributed by atoms with Crippen molar-refractivity contribution in [1.29, 1.82) is 0 Å². The SMILES string of the molecule is C[Si]1(C)O[Si](C)(C)O[Si](C)(C)O[Si](CC(Cl)OC(=O)COC(C(F)(F)F)C(F)(F)F)(CC(Cl)OC(=O)COC(C(F)(F)F)C(F)(F)F)O[Si](CC(Cl)OC(=O)COC(C(F)(F)F)C(F)(F)F)(CC(Cl)OC(=O)COC(C(F)(F)F)C(F)(F)F)O[Si](C)(C)O1. The zero-order chi connectivity index (χ0) is 69.5.